The number of fused-ring (bicyclic) bond motifs is 1. The Morgan fingerprint density at radius 2 is 2.05 bits per heavy atom. The molecule has 5 heteroatoms. The molecule has 19 heavy (non-hydrogen) atoms. The van der Waals surface area contributed by atoms with Crippen LogP contribution in [0.3, 0.4) is 0 Å². The molecular weight excluding hydrogens is 246 g/mol. The second kappa shape index (κ2) is 6.12. The van der Waals surface area contributed by atoms with Crippen molar-refractivity contribution in [3.05, 3.63) is 18.2 Å². The summed E-state index contributed by atoms with van der Waals surface area (Å²) < 4.78 is 16.3. The molecule has 5 nitrogen and oxygen atoms in total. The van der Waals surface area contributed by atoms with Gasteiger partial charge in [-0.1, -0.05) is 13.8 Å². The highest BCUT2D eigenvalue weighted by Gasteiger charge is 2.21. The van der Waals surface area contributed by atoms with E-state index in [0.717, 1.165) is 6.42 Å². The van der Waals surface area contributed by atoms with Crippen LogP contribution in [0.5, 0.6) is 17.2 Å². The molecule has 0 saturated heterocycles. The van der Waals surface area contributed by atoms with Crippen LogP contribution in [0.15, 0.2) is 18.2 Å². The van der Waals surface area contributed by atoms with E-state index in [2.05, 4.69) is 13.8 Å². The first-order chi connectivity index (χ1) is 9.10. The number of ether oxygens (including phenoxy) is 3. The van der Waals surface area contributed by atoms with Crippen LogP contribution in [0.1, 0.15) is 20.3 Å². The molecule has 1 aliphatic heterocycles. The molecule has 0 radical (unpaired) electrons. The van der Waals surface area contributed by atoms with Crippen LogP contribution in [-0.2, 0) is 0 Å². The molecule has 1 aliphatic rings. The molecule has 1 aromatic carbocycles. The number of aliphatic hydroxyl groups is 1. The van der Waals surface area contributed by atoms with Gasteiger partial charge in [0.15, 0.2) is 11.5 Å². The van der Waals surface area contributed by atoms with Crippen LogP contribution < -0.4 is 19.9 Å². The van der Waals surface area contributed by atoms with Crippen molar-refractivity contribution in [3.63, 3.8) is 0 Å². The second-order valence-electron chi connectivity index (χ2n) is 5.15. The van der Waals surface area contributed by atoms with E-state index in [9.17, 15) is 5.11 Å². The lowest BCUT2D eigenvalue weighted by molar-refractivity contribution is 0.0879. The van der Waals surface area contributed by atoms with E-state index in [1.807, 2.05) is 0 Å². The highest BCUT2D eigenvalue weighted by molar-refractivity contribution is 5.46. The van der Waals surface area contributed by atoms with Gasteiger partial charge in [-0.15, -0.1) is 0 Å². The maximum absolute atomic E-state index is 9.40. The maximum atomic E-state index is 9.40. The Labute approximate surface area is 113 Å². The van der Waals surface area contributed by atoms with E-state index in [-0.39, 0.29) is 19.4 Å². The fourth-order valence-electron chi connectivity index (χ4n) is 2.08. The van der Waals surface area contributed by atoms with Crippen molar-refractivity contribution < 1.29 is 19.3 Å². The smallest absolute Gasteiger partial charge is 0.231 e. The normalized spacial score (nSPS) is 16.5. The number of aliphatic hydroxyl groups excluding tert-OH is 1. The lowest BCUT2D eigenvalue weighted by Crippen LogP contribution is -2.42. The minimum atomic E-state index is -0.414. The van der Waals surface area contributed by atoms with Gasteiger partial charge in [-0.3, -0.25) is 0 Å². The second-order valence-corrected chi connectivity index (χ2v) is 5.15. The van der Waals surface area contributed by atoms with Crippen LogP contribution >= 0.6 is 0 Å². The molecule has 2 unspecified atom stereocenters. The third-order valence-corrected chi connectivity index (χ3v) is 3.03. The zero-order valence-electron chi connectivity index (χ0n) is 11.3. The van der Waals surface area contributed by atoms with Gasteiger partial charge in [0.05, 0.1) is 6.61 Å². The number of hydrogen-bond donors (Lipinski definition) is 2. The summed E-state index contributed by atoms with van der Waals surface area (Å²) in [6.07, 6.45) is 0.387. The van der Waals surface area contributed by atoms with Gasteiger partial charge in [0.25, 0.3) is 0 Å². The van der Waals surface area contributed by atoms with Crippen LogP contribution in [0.2, 0.25) is 0 Å². The molecule has 0 spiro atoms. The molecule has 106 valence electrons. The van der Waals surface area contributed by atoms with Crippen molar-refractivity contribution >= 4 is 0 Å². The lowest BCUT2D eigenvalue weighted by Gasteiger charge is -2.24. The topological polar surface area (TPSA) is 73.9 Å². The van der Waals surface area contributed by atoms with E-state index in [0.29, 0.717) is 23.2 Å². The molecule has 1 heterocycles. The SMILES string of the molecule is CC(C)CC(N)C(CO)Oc1ccc2c(c1)OCO2. The third-order valence-electron chi connectivity index (χ3n) is 3.03. The Kier molecular flexibility index (Phi) is 4.50. The first-order valence-corrected chi connectivity index (χ1v) is 6.53. The predicted molar refractivity (Wildman–Crippen MR) is 71.5 cm³/mol. The minimum absolute atomic E-state index is 0.109. The van der Waals surface area contributed by atoms with E-state index >= 15 is 0 Å². The van der Waals surface area contributed by atoms with Crippen LogP contribution in [0.25, 0.3) is 0 Å². The van der Waals surface area contributed by atoms with Crippen molar-refractivity contribution in [1.29, 1.82) is 0 Å². The van der Waals surface area contributed by atoms with Gasteiger partial charge < -0.3 is 25.1 Å². The molecular formula is C14H21NO4. The van der Waals surface area contributed by atoms with E-state index in [1.165, 1.54) is 0 Å². The van der Waals surface area contributed by atoms with Crippen molar-refractivity contribution in [1.82, 2.24) is 0 Å². The molecule has 2 rings (SSSR count). The van der Waals surface area contributed by atoms with Gasteiger partial charge in [0.1, 0.15) is 11.9 Å². The molecule has 0 bridgehead atoms. The fraction of sp³-hybridized carbons (Fsp3) is 0.571. The highest BCUT2D eigenvalue weighted by Crippen LogP contribution is 2.35. The zero-order chi connectivity index (χ0) is 13.8. The predicted octanol–water partition coefficient (Wildman–Crippen LogP) is 1.53. The maximum Gasteiger partial charge on any atom is 0.231 e. The summed E-state index contributed by atoms with van der Waals surface area (Å²) in [5.74, 6) is 2.46. The van der Waals surface area contributed by atoms with Gasteiger partial charge in [0, 0.05) is 12.1 Å². The summed E-state index contributed by atoms with van der Waals surface area (Å²) >= 11 is 0. The number of benzene rings is 1. The molecule has 0 amide bonds. The summed E-state index contributed by atoms with van der Waals surface area (Å²) in [4.78, 5) is 0. The Bertz CT molecular complexity index is 422. The molecule has 3 N–H and O–H groups in total. The zero-order valence-corrected chi connectivity index (χ0v) is 11.3. The van der Waals surface area contributed by atoms with Crippen LogP contribution in [0, 0.1) is 5.92 Å². The highest BCUT2D eigenvalue weighted by atomic mass is 16.7. The average Bonchev–Trinajstić information content (AvgIpc) is 2.82. The van der Waals surface area contributed by atoms with Crippen molar-refractivity contribution in [2.24, 2.45) is 11.7 Å². The minimum Gasteiger partial charge on any atom is -0.486 e. The third kappa shape index (κ3) is 3.52. The standard InChI is InChI=1S/C14H21NO4/c1-9(2)5-11(15)14(7-16)19-10-3-4-12-13(6-10)18-8-17-12/h3-4,6,9,11,14,16H,5,7-8,15H2,1-2H3. The first kappa shape index (κ1) is 14.0. The van der Waals surface area contributed by atoms with Gasteiger partial charge in [0.2, 0.25) is 6.79 Å². The summed E-state index contributed by atoms with van der Waals surface area (Å²) in [5.41, 5.74) is 6.05. The quantitative estimate of drug-likeness (QED) is 0.817. The largest absolute Gasteiger partial charge is 0.486 e. The molecule has 1 aromatic rings. The van der Waals surface area contributed by atoms with Gasteiger partial charge >= 0.3 is 0 Å². The van der Waals surface area contributed by atoms with Crippen molar-refractivity contribution in [2.45, 2.75) is 32.4 Å². The van der Waals surface area contributed by atoms with Gasteiger partial charge in [-0.2, -0.15) is 0 Å². The van der Waals surface area contributed by atoms with E-state index in [1.54, 1.807) is 18.2 Å². The first-order valence-electron chi connectivity index (χ1n) is 6.53. The fourth-order valence-corrected chi connectivity index (χ4v) is 2.08. The van der Waals surface area contributed by atoms with Gasteiger partial charge in [-0.05, 0) is 24.5 Å². The summed E-state index contributed by atoms with van der Waals surface area (Å²) in [5, 5.41) is 9.40. The summed E-state index contributed by atoms with van der Waals surface area (Å²) in [6, 6.07) is 5.14. The molecule has 0 saturated carbocycles. The summed E-state index contributed by atoms with van der Waals surface area (Å²) in [6.45, 7) is 4.31. The molecule has 2 atom stereocenters. The molecule has 0 fully saturated rings. The van der Waals surface area contributed by atoms with Crippen molar-refractivity contribution in [2.75, 3.05) is 13.4 Å². The number of rotatable bonds is 6. The Morgan fingerprint density at radius 1 is 1.32 bits per heavy atom. The lowest BCUT2D eigenvalue weighted by atomic mass is 10.0. The Hall–Kier alpha value is -1.46. The van der Waals surface area contributed by atoms with Crippen LogP contribution in [0.4, 0.5) is 0 Å². The molecule has 0 aromatic heterocycles. The average molecular weight is 267 g/mol. The number of nitrogens with two attached hydrogens (primary N) is 1. The van der Waals surface area contributed by atoms with Crippen molar-refractivity contribution in [3.8, 4) is 17.2 Å². The number of hydrogen-bond acceptors (Lipinski definition) is 5. The van der Waals surface area contributed by atoms with Crippen LogP contribution in [-0.4, -0.2) is 30.7 Å². The van der Waals surface area contributed by atoms with Gasteiger partial charge in [-0.25, -0.2) is 0 Å². The monoisotopic (exact) mass is 267 g/mol. The Morgan fingerprint density at radius 3 is 2.74 bits per heavy atom. The van der Waals surface area contributed by atoms with E-state index in [4.69, 9.17) is 19.9 Å². The Balaban J connectivity index is 2.01. The molecule has 0 aliphatic carbocycles. The van der Waals surface area contributed by atoms with E-state index < -0.39 is 6.10 Å². The summed E-state index contributed by atoms with van der Waals surface area (Å²) in [7, 11) is 0.